The molecule has 4 nitrogen and oxygen atoms in total. The van der Waals surface area contributed by atoms with Crippen molar-refractivity contribution in [2.24, 2.45) is 9.12 Å². The first-order valence-electron chi connectivity index (χ1n) is 8.33. The molecule has 0 amide bonds. The van der Waals surface area contributed by atoms with Gasteiger partial charge in [0.2, 0.25) is 5.78 Å². The zero-order chi connectivity index (χ0) is 18.5. The Labute approximate surface area is 174 Å². The summed E-state index contributed by atoms with van der Waals surface area (Å²) >= 11 is 4.98. The molecule has 1 aliphatic rings. The van der Waals surface area contributed by atoms with E-state index in [2.05, 4.69) is 41.5 Å². The monoisotopic (exact) mass is 529 g/mol. The van der Waals surface area contributed by atoms with Crippen molar-refractivity contribution in [2.75, 3.05) is 23.3 Å². The number of piperidine rings is 1. The van der Waals surface area contributed by atoms with E-state index in [-0.39, 0.29) is 17.5 Å². The first-order valence-corrected chi connectivity index (χ1v) is 10.1. The first-order chi connectivity index (χ1) is 12.6. The molecule has 2 aromatic carbocycles. The third kappa shape index (κ3) is 4.62. The number of ketones is 1. The van der Waals surface area contributed by atoms with Crippen molar-refractivity contribution in [1.29, 1.82) is 0 Å². The quantitative estimate of drug-likeness (QED) is 0.335. The molecule has 0 aromatic heterocycles. The summed E-state index contributed by atoms with van der Waals surface area (Å²) in [5.74, 6) is -0.0854. The molecule has 26 heavy (non-hydrogen) atoms. The number of carbonyl (C=O) groups is 1. The van der Waals surface area contributed by atoms with Crippen LogP contribution in [0.25, 0.3) is 0 Å². The number of rotatable bonds is 4. The second kappa shape index (κ2) is 8.94. The van der Waals surface area contributed by atoms with Crippen molar-refractivity contribution in [3.63, 3.8) is 0 Å². The minimum atomic E-state index is -0.344. The maximum atomic E-state index is 13.4. The number of hydrogen-bond donors (Lipinski definition) is 1. The maximum absolute atomic E-state index is 13.4. The Hall–Kier alpha value is -1.48. The molecule has 0 radical (unpaired) electrons. The Morgan fingerprint density at radius 2 is 1.88 bits per heavy atom. The minimum Gasteiger partial charge on any atom is -0.371 e. The molecular weight excluding hydrogens is 512 g/mol. The van der Waals surface area contributed by atoms with Gasteiger partial charge in [0.15, 0.2) is 5.84 Å². The van der Waals surface area contributed by atoms with E-state index < -0.39 is 0 Å². The van der Waals surface area contributed by atoms with Crippen molar-refractivity contribution in [1.82, 2.24) is 0 Å². The zero-order valence-electron chi connectivity index (χ0n) is 14.0. The van der Waals surface area contributed by atoms with Crippen LogP contribution in [-0.2, 0) is 4.79 Å². The molecule has 1 saturated heterocycles. The molecule has 1 N–H and O–H groups in total. The van der Waals surface area contributed by atoms with Crippen molar-refractivity contribution in [3.05, 3.63) is 58.8 Å². The number of amidine groups is 1. The summed E-state index contributed by atoms with van der Waals surface area (Å²) in [4.78, 5) is 15.1. The van der Waals surface area contributed by atoms with Crippen molar-refractivity contribution >= 4 is 61.8 Å². The summed E-state index contributed by atoms with van der Waals surface area (Å²) in [7, 11) is 0. The smallest absolute Gasteiger partial charge is 0.201 e. The molecule has 136 valence electrons. The number of nitrogens with zero attached hydrogens (tertiary/aromatic N) is 2. The van der Waals surface area contributed by atoms with Crippen LogP contribution in [0.2, 0.25) is 0 Å². The number of hydrogen-bond acceptors (Lipinski definition) is 3. The molecule has 0 unspecified atom stereocenters. The summed E-state index contributed by atoms with van der Waals surface area (Å²) in [5.41, 5.74) is 1.82. The topological polar surface area (TPSA) is 44.7 Å². The van der Waals surface area contributed by atoms with Crippen LogP contribution < -0.4 is 10.2 Å². The molecular formula is C19H18BrFIN3O. The highest BCUT2D eigenvalue weighted by Gasteiger charge is 2.28. The molecule has 0 atom stereocenters. The van der Waals surface area contributed by atoms with Crippen molar-refractivity contribution < 1.29 is 9.18 Å². The highest BCUT2D eigenvalue weighted by molar-refractivity contribution is 14.1. The van der Waals surface area contributed by atoms with Crippen LogP contribution in [0.3, 0.4) is 0 Å². The van der Waals surface area contributed by atoms with E-state index >= 15 is 0 Å². The SMILES string of the molecule is O=C(/C(=N/I)Nc1ccc(F)c(Br)c1)C1CCN(c2ccccc2)CC1. The normalized spacial score (nSPS) is 15.8. The van der Waals surface area contributed by atoms with E-state index in [0.29, 0.717) is 16.0 Å². The van der Waals surface area contributed by atoms with Gasteiger partial charge in [0.1, 0.15) is 5.82 Å². The lowest BCUT2D eigenvalue weighted by molar-refractivity contribution is -0.116. The summed E-state index contributed by atoms with van der Waals surface area (Å²) < 4.78 is 17.8. The van der Waals surface area contributed by atoms with Gasteiger partial charge in [0, 0.05) is 30.4 Å². The van der Waals surface area contributed by atoms with Gasteiger partial charge in [-0.3, -0.25) is 4.79 Å². The van der Waals surface area contributed by atoms with E-state index in [9.17, 15) is 9.18 Å². The molecule has 1 aliphatic heterocycles. The third-order valence-electron chi connectivity index (χ3n) is 4.49. The standard InChI is InChI=1S/C19H18BrFIN3O/c20-16-12-14(6-7-17(16)21)23-19(24-22)18(26)13-8-10-25(11-9-13)15-4-2-1-3-5-15/h1-7,12-13H,8-11H2,(H,23,24). The van der Waals surface area contributed by atoms with E-state index in [0.717, 1.165) is 25.9 Å². The molecule has 0 bridgehead atoms. The molecule has 0 spiro atoms. The molecule has 7 heteroatoms. The van der Waals surface area contributed by atoms with Crippen LogP contribution >= 0.6 is 38.8 Å². The second-order valence-electron chi connectivity index (χ2n) is 6.15. The van der Waals surface area contributed by atoms with Gasteiger partial charge in [-0.15, -0.1) is 0 Å². The van der Waals surface area contributed by atoms with Crippen LogP contribution in [-0.4, -0.2) is 24.7 Å². The third-order valence-corrected chi connectivity index (χ3v) is 5.58. The Morgan fingerprint density at radius 3 is 2.50 bits per heavy atom. The number of Topliss-reactive ketones (excluding diaryl/α,β-unsaturated/α-hetero) is 1. The summed E-state index contributed by atoms with van der Waals surface area (Å²) in [6.45, 7) is 1.69. The fourth-order valence-corrected chi connectivity index (χ4v) is 3.80. The van der Waals surface area contributed by atoms with Crippen molar-refractivity contribution in [3.8, 4) is 0 Å². The van der Waals surface area contributed by atoms with Gasteiger partial charge in [-0.25, -0.2) is 4.39 Å². The van der Waals surface area contributed by atoms with Gasteiger partial charge < -0.3 is 10.2 Å². The van der Waals surface area contributed by atoms with Gasteiger partial charge in [-0.05, 0) is 59.1 Å². The zero-order valence-corrected chi connectivity index (χ0v) is 17.7. The molecule has 2 aromatic rings. The average molecular weight is 530 g/mol. The number of carbonyl (C=O) groups excluding carboxylic acids is 1. The molecule has 3 rings (SSSR count). The lowest BCUT2D eigenvalue weighted by atomic mass is 9.91. The largest absolute Gasteiger partial charge is 0.371 e. The molecule has 1 heterocycles. The van der Waals surface area contributed by atoms with Gasteiger partial charge >= 0.3 is 0 Å². The molecule has 1 fully saturated rings. The Morgan fingerprint density at radius 1 is 1.19 bits per heavy atom. The van der Waals surface area contributed by atoms with Crippen molar-refractivity contribution in [2.45, 2.75) is 12.8 Å². The predicted octanol–water partition coefficient (Wildman–Crippen LogP) is 5.23. The Kier molecular flexibility index (Phi) is 6.63. The highest BCUT2D eigenvalue weighted by atomic mass is 127. The van der Waals surface area contributed by atoms with Gasteiger partial charge in [0.05, 0.1) is 27.3 Å². The number of nitrogens with one attached hydrogen (secondary N) is 1. The van der Waals surface area contributed by atoms with Gasteiger partial charge in [-0.1, -0.05) is 18.2 Å². The first kappa shape index (κ1) is 19.3. The molecule has 0 saturated carbocycles. The van der Waals surface area contributed by atoms with Gasteiger partial charge in [0.25, 0.3) is 0 Å². The van der Waals surface area contributed by atoms with Crippen LogP contribution in [0.1, 0.15) is 12.8 Å². The highest BCUT2D eigenvalue weighted by Crippen LogP contribution is 2.25. The lowest BCUT2D eigenvalue weighted by Gasteiger charge is -2.33. The lowest BCUT2D eigenvalue weighted by Crippen LogP contribution is -2.39. The second-order valence-corrected chi connectivity index (χ2v) is 7.48. The Balaban J connectivity index is 1.62. The number of anilines is 2. The summed E-state index contributed by atoms with van der Waals surface area (Å²) in [6.07, 6.45) is 1.58. The van der Waals surface area contributed by atoms with Gasteiger partial charge in [-0.2, -0.15) is 3.21 Å². The van der Waals surface area contributed by atoms with E-state index in [4.69, 9.17) is 0 Å². The predicted molar refractivity (Wildman–Crippen MR) is 116 cm³/mol. The Bertz CT molecular complexity index is 808. The number of benzene rings is 2. The fourth-order valence-electron chi connectivity index (χ4n) is 3.07. The van der Waals surface area contributed by atoms with E-state index in [1.807, 2.05) is 41.1 Å². The van der Waals surface area contributed by atoms with E-state index in [1.54, 1.807) is 12.1 Å². The summed E-state index contributed by atoms with van der Waals surface area (Å²) in [6, 6.07) is 14.8. The van der Waals surface area contributed by atoms with E-state index in [1.165, 1.54) is 11.8 Å². The molecule has 0 aliphatic carbocycles. The minimum absolute atomic E-state index is 0.00700. The van der Waals surface area contributed by atoms with Crippen LogP contribution in [0, 0.1) is 11.7 Å². The van der Waals surface area contributed by atoms with Crippen LogP contribution in [0.5, 0.6) is 0 Å². The number of para-hydroxylation sites is 1. The van der Waals surface area contributed by atoms with Crippen LogP contribution in [0.4, 0.5) is 15.8 Å². The summed E-state index contributed by atoms with van der Waals surface area (Å²) in [5, 5.41) is 3.02. The maximum Gasteiger partial charge on any atom is 0.201 e. The van der Waals surface area contributed by atoms with Crippen LogP contribution in [0.15, 0.2) is 56.2 Å². The average Bonchev–Trinajstić information content (AvgIpc) is 2.69. The fraction of sp³-hybridized carbons (Fsp3) is 0.263. The number of halogens is 3.